The van der Waals surface area contributed by atoms with E-state index in [1.807, 2.05) is 6.07 Å². The van der Waals surface area contributed by atoms with Crippen LogP contribution in [0.4, 0.5) is 11.6 Å². The van der Waals surface area contributed by atoms with Crippen LogP contribution in [0.2, 0.25) is 10.0 Å². The Morgan fingerprint density at radius 3 is 2.41 bits per heavy atom. The van der Waals surface area contributed by atoms with Crippen molar-refractivity contribution in [2.45, 2.75) is 0 Å². The van der Waals surface area contributed by atoms with Gasteiger partial charge in [0.1, 0.15) is 11.6 Å². The largest absolute Gasteiger partial charge is 0.476 e. The molecule has 2 aromatic heterocycles. The molecule has 0 fully saturated rings. The van der Waals surface area contributed by atoms with Crippen LogP contribution in [-0.2, 0) is 0 Å². The lowest BCUT2D eigenvalue weighted by Gasteiger charge is -2.12. The van der Waals surface area contributed by atoms with Crippen LogP contribution < -0.4 is 11.1 Å². The van der Waals surface area contributed by atoms with E-state index in [0.717, 1.165) is 0 Å². The SMILES string of the molecule is Nc1cccc(-c2cc(C(=O)Nc3cc(C(=O)O)nn3-c3ccccc3)c(Cl)cc2Cl)n1. The second-order valence-electron chi connectivity index (χ2n) is 6.68. The number of benzene rings is 2. The number of hydrogen-bond donors (Lipinski definition) is 3. The fourth-order valence-electron chi connectivity index (χ4n) is 3.05. The first-order valence-corrected chi connectivity index (χ1v) is 10.0. The Bertz CT molecular complexity index is 1340. The predicted octanol–water partition coefficient (Wildman–Crippen LogP) is 4.77. The summed E-state index contributed by atoms with van der Waals surface area (Å²) in [5, 5.41) is 16.5. The number of rotatable bonds is 5. The number of carbonyl (C=O) groups is 2. The van der Waals surface area contributed by atoms with Gasteiger partial charge in [0.05, 0.1) is 27.0 Å². The first-order chi connectivity index (χ1) is 15.3. The molecule has 0 saturated heterocycles. The molecule has 0 atom stereocenters. The standard InChI is InChI=1S/C22H15Cl2N5O3/c23-15-10-16(24)14(9-13(15)17-7-4-8-19(25)26-17)21(30)27-20-11-18(22(31)32)28-29(20)12-5-2-1-3-6-12/h1-11H,(H2,25,26)(H,27,30)(H,31,32). The zero-order valence-electron chi connectivity index (χ0n) is 16.3. The third kappa shape index (κ3) is 4.27. The van der Waals surface area contributed by atoms with Crippen LogP contribution in [0.15, 0.2) is 66.7 Å². The maximum Gasteiger partial charge on any atom is 0.356 e. The molecule has 32 heavy (non-hydrogen) atoms. The zero-order valence-corrected chi connectivity index (χ0v) is 17.8. The first kappa shape index (κ1) is 21.4. The van der Waals surface area contributed by atoms with E-state index in [0.29, 0.717) is 27.8 Å². The summed E-state index contributed by atoms with van der Waals surface area (Å²) in [4.78, 5) is 28.8. The van der Waals surface area contributed by atoms with Crippen molar-refractivity contribution < 1.29 is 14.7 Å². The molecule has 10 heteroatoms. The molecule has 160 valence electrons. The molecule has 0 spiro atoms. The van der Waals surface area contributed by atoms with Gasteiger partial charge in [-0.1, -0.05) is 47.5 Å². The second kappa shape index (κ2) is 8.70. The van der Waals surface area contributed by atoms with Gasteiger partial charge in [0.2, 0.25) is 0 Å². The van der Waals surface area contributed by atoms with E-state index in [1.165, 1.54) is 22.9 Å². The lowest BCUT2D eigenvalue weighted by atomic mass is 10.1. The maximum absolute atomic E-state index is 13.1. The Hall–Kier alpha value is -3.88. The molecule has 2 aromatic carbocycles. The van der Waals surface area contributed by atoms with Crippen LogP contribution in [-0.4, -0.2) is 31.7 Å². The van der Waals surface area contributed by atoms with Crippen molar-refractivity contribution in [2.75, 3.05) is 11.1 Å². The highest BCUT2D eigenvalue weighted by molar-refractivity contribution is 6.38. The van der Waals surface area contributed by atoms with Gasteiger partial charge in [-0.3, -0.25) is 4.79 Å². The minimum Gasteiger partial charge on any atom is -0.476 e. The van der Waals surface area contributed by atoms with E-state index < -0.39 is 11.9 Å². The van der Waals surface area contributed by atoms with Crippen molar-refractivity contribution >= 4 is 46.7 Å². The molecule has 0 aliphatic carbocycles. The molecule has 4 N–H and O–H groups in total. The monoisotopic (exact) mass is 467 g/mol. The lowest BCUT2D eigenvalue weighted by Crippen LogP contribution is -2.16. The first-order valence-electron chi connectivity index (χ1n) is 9.25. The number of halogens is 2. The van der Waals surface area contributed by atoms with Gasteiger partial charge < -0.3 is 16.2 Å². The Morgan fingerprint density at radius 2 is 1.72 bits per heavy atom. The molecular weight excluding hydrogens is 453 g/mol. The number of nitrogens with zero attached hydrogens (tertiary/aromatic N) is 3. The third-order valence-electron chi connectivity index (χ3n) is 4.52. The van der Waals surface area contributed by atoms with Gasteiger partial charge >= 0.3 is 5.97 Å². The number of nitrogens with two attached hydrogens (primary N) is 1. The van der Waals surface area contributed by atoms with Gasteiger partial charge in [-0.25, -0.2) is 14.5 Å². The number of para-hydroxylation sites is 1. The van der Waals surface area contributed by atoms with Crippen molar-refractivity contribution in [3.05, 3.63) is 88.0 Å². The topological polar surface area (TPSA) is 123 Å². The average Bonchev–Trinajstić information content (AvgIpc) is 3.18. The minimum atomic E-state index is -1.23. The highest BCUT2D eigenvalue weighted by Gasteiger charge is 2.20. The molecule has 0 radical (unpaired) electrons. The quantitative estimate of drug-likeness (QED) is 0.388. The third-order valence-corrected chi connectivity index (χ3v) is 5.14. The molecule has 8 nitrogen and oxygen atoms in total. The smallest absolute Gasteiger partial charge is 0.356 e. The van der Waals surface area contributed by atoms with Crippen LogP contribution in [0.5, 0.6) is 0 Å². The molecule has 4 rings (SSSR count). The number of pyridine rings is 1. The van der Waals surface area contributed by atoms with Crippen molar-refractivity contribution in [1.82, 2.24) is 14.8 Å². The molecule has 0 bridgehead atoms. The minimum absolute atomic E-state index is 0.115. The van der Waals surface area contributed by atoms with E-state index in [4.69, 9.17) is 28.9 Å². The van der Waals surface area contributed by atoms with Gasteiger partial charge in [-0.05, 0) is 36.4 Å². The summed E-state index contributed by atoms with van der Waals surface area (Å²) in [5.41, 5.74) is 7.17. The van der Waals surface area contributed by atoms with Crippen molar-refractivity contribution in [1.29, 1.82) is 0 Å². The van der Waals surface area contributed by atoms with E-state index in [2.05, 4.69) is 15.4 Å². The van der Waals surface area contributed by atoms with E-state index in [9.17, 15) is 14.7 Å². The number of carboxylic acid groups (broad SMARTS) is 1. The summed E-state index contributed by atoms with van der Waals surface area (Å²) >= 11 is 12.6. The van der Waals surface area contributed by atoms with Gasteiger partial charge in [0, 0.05) is 11.6 Å². The van der Waals surface area contributed by atoms with E-state index in [-0.39, 0.29) is 22.1 Å². The summed E-state index contributed by atoms with van der Waals surface area (Å²) in [6.45, 7) is 0. The molecular formula is C22H15Cl2N5O3. The lowest BCUT2D eigenvalue weighted by molar-refractivity contribution is 0.0689. The van der Waals surface area contributed by atoms with E-state index in [1.54, 1.807) is 42.5 Å². The number of hydrogen-bond acceptors (Lipinski definition) is 5. The van der Waals surface area contributed by atoms with Crippen molar-refractivity contribution in [3.8, 4) is 16.9 Å². The Balaban J connectivity index is 1.74. The van der Waals surface area contributed by atoms with Crippen LogP contribution in [0, 0.1) is 0 Å². The fraction of sp³-hybridized carbons (Fsp3) is 0. The maximum atomic E-state index is 13.1. The van der Waals surface area contributed by atoms with Crippen LogP contribution >= 0.6 is 23.2 Å². The summed E-state index contributed by atoms with van der Waals surface area (Å²) < 4.78 is 1.32. The van der Waals surface area contributed by atoms with Gasteiger partial charge in [-0.15, -0.1) is 0 Å². The Kier molecular flexibility index (Phi) is 5.81. The normalized spacial score (nSPS) is 10.7. The summed E-state index contributed by atoms with van der Waals surface area (Å²) in [5.74, 6) is -1.35. The molecule has 0 aliphatic rings. The number of carboxylic acids is 1. The van der Waals surface area contributed by atoms with Crippen LogP contribution in [0.1, 0.15) is 20.8 Å². The molecule has 0 saturated carbocycles. The van der Waals surface area contributed by atoms with Crippen LogP contribution in [0.25, 0.3) is 16.9 Å². The number of anilines is 2. The highest BCUT2D eigenvalue weighted by Crippen LogP contribution is 2.33. The number of amides is 1. The molecule has 1 amide bonds. The summed E-state index contributed by atoms with van der Waals surface area (Å²) in [7, 11) is 0. The van der Waals surface area contributed by atoms with Gasteiger partial charge in [0.25, 0.3) is 5.91 Å². The van der Waals surface area contributed by atoms with Gasteiger partial charge in [-0.2, -0.15) is 5.10 Å². The Labute approximate surface area is 192 Å². The molecule has 0 aliphatic heterocycles. The number of nitrogens with one attached hydrogen (secondary N) is 1. The molecule has 2 heterocycles. The number of nitrogen functional groups attached to an aromatic ring is 1. The number of carbonyl (C=O) groups excluding carboxylic acids is 1. The summed E-state index contributed by atoms with van der Waals surface area (Å²) in [6, 6.07) is 18.1. The highest BCUT2D eigenvalue weighted by atomic mass is 35.5. The van der Waals surface area contributed by atoms with Crippen LogP contribution in [0.3, 0.4) is 0 Å². The predicted molar refractivity (Wildman–Crippen MR) is 123 cm³/mol. The number of aromatic nitrogens is 3. The van der Waals surface area contributed by atoms with Gasteiger partial charge in [0.15, 0.2) is 5.69 Å². The van der Waals surface area contributed by atoms with E-state index >= 15 is 0 Å². The number of aromatic carboxylic acids is 1. The fourth-order valence-corrected chi connectivity index (χ4v) is 3.61. The Morgan fingerprint density at radius 1 is 0.969 bits per heavy atom. The summed E-state index contributed by atoms with van der Waals surface area (Å²) in [6.07, 6.45) is 0. The second-order valence-corrected chi connectivity index (χ2v) is 7.50. The zero-order chi connectivity index (χ0) is 22.8. The average molecular weight is 468 g/mol. The van der Waals surface area contributed by atoms with Crippen molar-refractivity contribution in [3.63, 3.8) is 0 Å². The molecule has 4 aromatic rings. The molecule has 0 unspecified atom stereocenters. The van der Waals surface area contributed by atoms with Crippen molar-refractivity contribution in [2.24, 2.45) is 0 Å².